The van der Waals surface area contributed by atoms with Crippen molar-refractivity contribution in [2.45, 2.75) is 19.1 Å². The number of benzene rings is 2. The Morgan fingerprint density at radius 2 is 1.89 bits per heavy atom. The van der Waals surface area contributed by atoms with Crippen LogP contribution in [0.3, 0.4) is 0 Å². The molecule has 1 aliphatic heterocycles. The van der Waals surface area contributed by atoms with Crippen molar-refractivity contribution >= 4 is 17.5 Å². The van der Waals surface area contributed by atoms with Crippen molar-refractivity contribution < 1.29 is 27.2 Å². The summed E-state index contributed by atoms with van der Waals surface area (Å²) in [6.45, 7) is 0.149. The van der Waals surface area contributed by atoms with E-state index >= 15 is 0 Å². The van der Waals surface area contributed by atoms with Crippen molar-refractivity contribution in [1.82, 2.24) is 5.32 Å². The van der Waals surface area contributed by atoms with Gasteiger partial charge in [0.15, 0.2) is 0 Å². The molecule has 2 amide bonds. The number of alkyl halides is 3. The first-order valence-corrected chi connectivity index (χ1v) is 8.26. The molecule has 1 N–H and O–H groups in total. The second-order valence-electron chi connectivity index (χ2n) is 6.23. The summed E-state index contributed by atoms with van der Waals surface area (Å²) in [7, 11) is 0. The van der Waals surface area contributed by atoms with Crippen molar-refractivity contribution in [2.24, 2.45) is 5.92 Å². The van der Waals surface area contributed by atoms with Gasteiger partial charge in [0, 0.05) is 18.8 Å². The molecule has 0 bridgehead atoms. The minimum atomic E-state index is -4.47. The lowest BCUT2D eigenvalue weighted by molar-refractivity contribution is -0.137. The molecule has 0 saturated carbocycles. The average Bonchev–Trinajstić information content (AvgIpc) is 3.01. The van der Waals surface area contributed by atoms with E-state index in [9.17, 15) is 27.2 Å². The molecule has 27 heavy (non-hydrogen) atoms. The number of rotatable bonds is 4. The van der Waals surface area contributed by atoms with E-state index < -0.39 is 35.3 Å². The van der Waals surface area contributed by atoms with E-state index in [0.29, 0.717) is 5.69 Å². The van der Waals surface area contributed by atoms with Gasteiger partial charge in [-0.1, -0.05) is 18.2 Å². The summed E-state index contributed by atoms with van der Waals surface area (Å²) in [6.07, 6.45) is -4.21. The summed E-state index contributed by atoms with van der Waals surface area (Å²) < 4.78 is 51.5. The zero-order valence-electron chi connectivity index (χ0n) is 14.1. The minimum Gasteiger partial charge on any atom is -0.351 e. The quantitative estimate of drug-likeness (QED) is 0.652. The number of hydrogen-bond donors (Lipinski definition) is 1. The maximum atomic E-state index is 13.3. The maximum Gasteiger partial charge on any atom is 0.416 e. The Morgan fingerprint density at radius 3 is 2.59 bits per heavy atom. The first-order valence-electron chi connectivity index (χ1n) is 8.26. The monoisotopic (exact) mass is 380 g/mol. The Kier molecular flexibility index (Phi) is 5.16. The number of carbonyl (C=O) groups excluding carboxylic acids is 2. The zero-order valence-corrected chi connectivity index (χ0v) is 14.1. The number of anilines is 1. The molecule has 0 radical (unpaired) electrons. The summed E-state index contributed by atoms with van der Waals surface area (Å²) in [5, 5.41) is 2.51. The van der Waals surface area contributed by atoms with Crippen LogP contribution in [0.15, 0.2) is 48.5 Å². The molecule has 2 aromatic carbocycles. The van der Waals surface area contributed by atoms with Crippen molar-refractivity contribution in [3.8, 4) is 0 Å². The van der Waals surface area contributed by atoms with Crippen LogP contribution in [0.1, 0.15) is 17.5 Å². The van der Waals surface area contributed by atoms with Crippen LogP contribution in [-0.2, 0) is 22.3 Å². The summed E-state index contributed by atoms with van der Waals surface area (Å²) in [5.74, 6) is -2.45. The van der Waals surface area contributed by atoms with E-state index in [4.69, 9.17) is 0 Å². The molecule has 2 aromatic rings. The highest BCUT2D eigenvalue weighted by Gasteiger charge is 2.37. The van der Waals surface area contributed by atoms with Crippen molar-refractivity contribution in [2.75, 3.05) is 11.4 Å². The third-order valence-electron chi connectivity index (χ3n) is 4.36. The van der Waals surface area contributed by atoms with Gasteiger partial charge in [0.05, 0.1) is 5.56 Å². The van der Waals surface area contributed by atoms with Crippen LogP contribution in [0, 0.1) is 11.7 Å². The molecule has 1 saturated heterocycles. The number of nitrogens with zero attached hydrogens (tertiary/aromatic N) is 1. The second kappa shape index (κ2) is 7.38. The number of carbonyl (C=O) groups is 2. The van der Waals surface area contributed by atoms with E-state index in [-0.39, 0.29) is 25.1 Å². The van der Waals surface area contributed by atoms with E-state index in [1.54, 1.807) is 6.07 Å². The van der Waals surface area contributed by atoms with Crippen LogP contribution in [0.2, 0.25) is 0 Å². The SMILES string of the molecule is O=C(NCc1cccc(C(F)(F)F)c1)C1CCN(c2cccc(F)c2)C1=O. The standard InChI is InChI=1S/C19H16F4N2O2/c20-14-5-2-6-15(10-14)25-8-7-16(18(25)27)17(26)24-11-12-3-1-4-13(9-12)19(21,22)23/h1-6,9-10,16H,7-8,11H2,(H,24,26). The van der Waals surface area contributed by atoms with Crippen LogP contribution < -0.4 is 10.2 Å². The van der Waals surface area contributed by atoms with Crippen LogP contribution in [0.4, 0.5) is 23.2 Å². The molecule has 8 heteroatoms. The normalized spacial score (nSPS) is 17.3. The highest BCUT2D eigenvalue weighted by molar-refractivity contribution is 6.09. The molecule has 0 spiro atoms. The minimum absolute atomic E-state index is 0.119. The summed E-state index contributed by atoms with van der Waals surface area (Å²) in [6, 6.07) is 10.1. The highest BCUT2D eigenvalue weighted by atomic mass is 19.4. The Labute approximate surface area is 152 Å². The van der Waals surface area contributed by atoms with Crippen LogP contribution >= 0.6 is 0 Å². The van der Waals surface area contributed by atoms with Crippen LogP contribution in [0.5, 0.6) is 0 Å². The molecule has 0 aliphatic carbocycles. The first kappa shape index (κ1) is 18.9. The summed E-state index contributed by atoms with van der Waals surface area (Å²) in [5.41, 5.74) is -0.151. The van der Waals surface area contributed by atoms with Gasteiger partial charge in [-0.2, -0.15) is 13.2 Å². The van der Waals surface area contributed by atoms with E-state index in [2.05, 4.69) is 5.32 Å². The third kappa shape index (κ3) is 4.27. The lowest BCUT2D eigenvalue weighted by Gasteiger charge is -2.17. The molecule has 1 aliphatic rings. The van der Waals surface area contributed by atoms with Gasteiger partial charge in [-0.3, -0.25) is 9.59 Å². The maximum absolute atomic E-state index is 13.3. The Balaban J connectivity index is 1.63. The molecule has 1 unspecified atom stereocenters. The van der Waals surface area contributed by atoms with Gasteiger partial charge < -0.3 is 10.2 Å². The topological polar surface area (TPSA) is 49.4 Å². The van der Waals surface area contributed by atoms with E-state index in [0.717, 1.165) is 12.1 Å². The van der Waals surface area contributed by atoms with Crippen molar-refractivity contribution in [3.05, 3.63) is 65.5 Å². The smallest absolute Gasteiger partial charge is 0.351 e. The van der Waals surface area contributed by atoms with E-state index in [1.807, 2.05) is 0 Å². The Morgan fingerprint density at radius 1 is 1.15 bits per heavy atom. The molecule has 142 valence electrons. The van der Waals surface area contributed by atoms with Gasteiger partial charge >= 0.3 is 6.18 Å². The molecule has 1 fully saturated rings. The van der Waals surface area contributed by atoms with Crippen LogP contribution in [-0.4, -0.2) is 18.4 Å². The molecule has 0 aromatic heterocycles. The van der Waals surface area contributed by atoms with Gasteiger partial charge in [0.25, 0.3) is 0 Å². The average molecular weight is 380 g/mol. The molecule has 1 heterocycles. The van der Waals surface area contributed by atoms with Crippen molar-refractivity contribution in [3.63, 3.8) is 0 Å². The molecule has 1 atom stereocenters. The lowest BCUT2D eigenvalue weighted by Crippen LogP contribution is -2.36. The molecule has 3 rings (SSSR count). The summed E-state index contributed by atoms with van der Waals surface area (Å²) >= 11 is 0. The zero-order chi connectivity index (χ0) is 19.6. The van der Waals surface area contributed by atoms with Crippen LogP contribution in [0.25, 0.3) is 0 Å². The lowest BCUT2D eigenvalue weighted by atomic mass is 10.1. The van der Waals surface area contributed by atoms with Crippen molar-refractivity contribution in [1.29, 1.82) is 0 Å². The fourth-order valence-corrected chi connectivity index (χ4v) is 2.99. The first-order chi connectivity index (χ1) is 12.8. The van der Waals surface area contributed by atoms with Gasteiger partial charge in [-0.25, -0.2) is 4.39 Å². The van der Waals surface area contributed by atoms with Gasteiger partial charge in [-0.05, 0) is 42.3 Å². The van der Waals surface area contributed by atoms with E-state index in [1.165, 1.54) is 35.2 Å². The number of nitrogens with one attached hydrogen (secondary N) is 1. The van der Waals surface area contributed by atoms with Gasteiger partial charge in [0.1, 0.15) is 11.7 Å². The second-order valence-corrected chi connectivity index (χ2v) is 6.23. The predicted octanol–water partition coefficient (Wildman–Crippen LogP) is 3.51. The highest BCUT2D eigenvalue weighted by Crippen LogP contribution is 2.30. The third-order valence-corrected chi connectivity index (χ3v) is 4.36. The number of amides is 2. The molecular formula is C19H16F4N2O2. The summed E-state index contributed by atoms with van der Waals surface area (Å²) in [4.78, 5) is 26.1. The van der Waals surface area contributed by atoms with Gasteiger partial charge in [0.2, 0.25) is 11.8 Å². The Bertz CT molecular complexity index is 867. The number of halogens is 4. The fourth-order valence-electron chi connectivity index (χ4n) is 2.99. The molecular weight excluding hydrogens is 364 g/mol. The largest absolute Gasteiger partial charge is 0.416 e. The predicted molar refractivity (Wildman–Crippen MR) is 90.2 cm³/mol. The molecule has 4 nitrogen and oxygen atoms in total. The Hall–Kier alpha value is -2.90. The number of hydrogen-bond acceptors (Lipinski definition) is 2. The fraction of sp³-hybridized carbons (Fsp3) is 0.263. The van der Waals surface area contributed by atoms with Gasteiger partial charge in [-0.15, -0.1) is 0 Å².